The van der Waals surface area contributed by atoms with Crippen molar-refractivity contribution in [3.8, 4) is 0 Å². The molecule has 0 saturated heterocycles. The molecule has 0 rings (SSSR count). The molecule has 0 fully saturated rings. The molecule has 96 valence electrons. The molecule has 0 unspecified atom stereocenters. The average molecular weight is 261 g/mol. The average Bonchev–Trinajstić information content (AvgIpc) is 1.98. The summed E-state index contributed by atoms with van der Waals surface area (Å²) in [6.45, 7) is 19.1. The van der Waals surface area contributed by atoms with Crippen molar-refractivity contribution in [1.29, 1.82) is 0 Å². The Bertz CT molecular complexity index is 215. The Labute approximate surface area is 103 Å². The highest BCUT2D eigenvalue weighted by atomic mass is 28.4. The van der Waals surface area contributed by atoms with Gasteiger partial charge in [-0.1, -0.05) is 13.1 Å². The maximum absolute atomic E-state index is 6.09. The molecule has 0 aliphatic carbocycles. The Hall–Kier alpha value is 0.0938. The lowest BCUT2D eigenvalue weighted by atomic mass is 10.5. The Morgan fingerprint density at radius 1 is 1.00 bits per heavy atom. The fraction of sp³-hybridized carbons (Fsp3) is 0.833. The van der Waals surface area contributed by atoms with E-state index < -0.39 is 16.6 Å². The van der Waals surface area contributed by atoms with Crippen LogP contribution in [0.3, 0.4) is 0 Å². The molecule has 0 radical (unpaired) electrons. The van der Waals surface area contributed by atoms with Gasteiger partial charge in [-0.3, -0.25) is 0 Å². The summed E-state index contributed by atoms with van der Waals surface area (Å²) in [5.41, 5.74) is 3.21. The summed E-state index contributed by atoms with van der Waals surface area (Å²) in [6, 6.07) is 0. The molecule has 0 amide bonds. The van der Waals surface area contributed by atoms with Crippen molar-refractivity contribution in [1.82, 2.24) is 0 Å². The van der Waals surface area contributed by atoms with E-state index >= 15 is 0 Å². The van der Waals surface area contributed by atoms with Gasteiger partial charge in [0.15, 0.2) is 0 Å². The fourth-order valence-electron chi connectivity index (χ4n) is 2.01. The predicted octanol–water partition coefficient (Wildman–Crippen LogP) is 3.88. The smallest absolute Gasteiger partial charge is 0.332 e. The zero-order chi connectivity index (χ0) is 13.0. The van der Waals surface area contributed by atoms with E-state index in [-0.39, 0.29) is 12.2 Å². The summed E-state index contributed by atoms with van der Waals surface area (Å²) in [7, 11) is -3.41. The quantitative estimate of drug-likeness (QED) is 0.647. The van der Waals surface area contributed by atoms with E-state index in [1.165, 1.54) is 0 Å². The van der Waals surface area contributed by atoms with Crippen molar-refractivity contribution in [2.45, 2.75) is 65.2 Å². The summed E-state index contributed by atoms with van der Waals surface area (Å²) in [5.74, 6) is 0. The minimum atomic E-state index is -2.04. The van der Waals surface area contributed by atoms with E-state index in [0.717, 1.165) is 5.67 Å². The third-order valence-corrected chi connectivity index (χ3v) is 11.6. The van der Waals surface area contributed by atoms with Crippen LogP contribution < -0.4 is 0 Å². The van der Waals surface area contributed by atoms with Crippen molar-refractivity contribution in [2.75, 3.05) is 0 Å². The topological polar surface area (TPSA) is 18.5 Å². The molecule has 0 saturated carbocycles. The second kappa shape index (κ2) is 6.14. The van der Waals surface area contributed by atoms with Gasteiger partial charge in [0.25, 0.3) is 0 Å². The maximum Gasteiger partial charge on any atom is 0.332 e. The normalized spacial score (nSPS) is 13.6. The monoisotopic (exact) mass is 260 g/mol. The maximum atomic E-state index is 6.09. The van der Waals surface area contributed by atoms with E-state index in [1.54, 1.807) is 0 Å². The Balaban J connectivity index is 4.71. The molecular formula is C12H28O2Si2. The van der Waals surface area contributed by atoms with Crippen LogP contribution in [0, 0.1) is 0 Å². The van der Waals surface area contributed by atoms with Crippen LogP contribution in [0.1, 0.15) is 27.7 Å². The van der Waals surface area contributed by atoms with E-state index in [4.69, 9.17) is 8.85 Å². The van der Waals surface area contributed by atoms with Crippen LogP contribution >= 0.6 is 0 Å². The molecular weight excluding hydrogens is 232 g/mol. The molecule has 0 aromatic carbocycles. The number of rotatable bonds is 7. The summed E-state index contributed by atoms with van der Waals surface area (Å²) in [6.07, 6.45) is 0.482. The molecule has 0 aliphatic rings. The first kappa shape index (κ1) is 16.1. The van der Waals surface area contributed by atoms with Gasteiger partial charge in [-0.2, -0.15) is 0 Å². The van der Waals surface area contributed by atoms with Gasteiger partial charge in [0.2, 0.25) is 0 Å². The molecule has 0 aromatic rings. The lowest BCUT2D eigenvalue weighted by Gasteiger charge is -2.35. The van der Waals surface area contributed by atoms with E-state index in [1.807, 2.05) is 0 Å². The third-order valence-electron chi connectivity index (χ3n) is 2.30. The van der Waals surface area contributed by atoms with Gasteiger partial charge >= 0.3 is 8.56 Å². The second-order valence-corrected chi connectivity index (χ2v) is 14.4. The first-order chi connectivity index (χ1) is 7.10. The van der Waals surface area contributed by atoms with Crippen molar-refractivity contribution in [3.05, 3.63) is 12.3 Å². The molecule has 0 aromatic heterocycles. The van der Waals surface area contributed by atoms with E-state index in [0.29, 0.717) is 0 Å². The zero-order valence-electron chi connectivity index (χ0n) is 12.0. The van der Waals surface area contributed by atoms with Crippen molar-refractivity contribution in [2.24, 2.45) is 0 Å². The van der Waals surface area contributed by atoms with Crippen LogP contribution in [0.5, 0.6) is 0 Å². The minimum Gasteiger partial charge on any atom is -0.392 e. The van der Waals surface area contributed by atoms with Gasteiger partial charge in [0.05, 0.1) is 8.07 Å². The first-order valence-electron chi connectivity index (χ1n) is 6.09. The summed E-state index contributed by atoms with van der Waals surface area (Å²) < 4.78 is 12.2. The molecule has 16 heavy (non-hydrogen) atoms. The fourth-order valence-corrected chi connectivity index (χ4v) is 11.9. The van der Waals surface area contributed by atoms with Crippen molar-refractivity contribution < 1.29 is 8.85 Å². The molecule has 0 N–H and O–H groups in total. The van der Waals surface area contributed by atoms with Gasteiger partial charge in [-0.25, -0.2) is 0 Å². The summed E-state index contributed by atoms with van der Waals surface area (Å²) in [4.78, 5) is 0. The summed E-state index contributed by atoms with van der Waals surface area (Å²) >= 11 is 0. The lowest BCUT2D eigenvalue weighted by Crippen LogP contribution is -2.49. The van der Waals surface area contributed by atoms with Gasteiger partial charge in [-0.05, 0) is 39.9 Å². The molecule has 0 aliphatic heterocycles. The second-order valence-electron chi connectivity index (χ2n) is 5.84. The SMILES string of the molecule is C=C[Si](C)(C)C[Si](C)(OC(C)C)OC(C)C. The Morgan fingerprint density at radius 2 is 1.38 bits per heavy atom. The Kier molecular flexibility index (Phi) is 6.18. The molecule has 0 heterocycles. The minimum absolute atomic E-state index is 0.241. The molecule has 0 atom stereocenters. The van der Waals surface area contributed by atoms with Crippen LogP contribution in [0.15, 0.2) is 12.3 Å². The van der Waals surface area contributed by atoms with Crippen LogP contribution in [0.2, 0.25) is 25.3 Å². The highest BCUT2D eigenvalue weighted by Crippen LogP contribution is 2.25. The van der Waals surface area contributed by atoms with Crippen LogP contribution in [0.25, 0.3) is 0 Å². The molecule has 4 heteroatoms. The zero-order valence-corrected chi connectivity index (χ0v) is 14.0. The van der Waals surface area contributed by atoms with Crippen LogP contribution in [0.4, 0.5) is 0 Å². The predicted molar refractivity (Wildman–Crippen MR) is 76.5 cm³/mol. The summed E-state index contributed by atoms with van der Waals surface area (Å²) in [5, 5.41) is 0. The van der Waals surface area contributed by atoms with Gasteiger partial charge in [0.1, 0.15) is 0 Å². The number of hydrogen-bond acceptors (Lipinski definition) is 2. The largest absolute Gasteiger partial charge is 0.392 e. The highest BCUT2D eigenvalue weighted by molar-refractivity contribution is 6.93. The lowest BCUT2D eigenvalue weighted by molar-refractivity contribution is 0.112. The van der Waals surface area contributed by atoms with Gasteiger partial charge < -0.3 is 8.85 Å². The molecule has 0 spiro atoms. The van der Waals surface area contributed by atoms with E-state index in [9.17, 15) is 0 Å². The van der Waals surface area contributed by atoms with E-state index in [2.05, 4.69) is 59.6 Å². The van der Waals surface area contributed by atoms with Gasteiger partial charge in [0, 0.05) is 12.2 Å². The van der Waals surface area contributed by atoms with Crippen molar-refractivity contribution in [3.63, 3.8) is 0 Å². The third kappa shape index (κ3) is 6.63. The van der Waals surface area contributed by atoms with Crippen molar-refractivity contribution >= 4 is 16.6 Å². The standard InChI is InChI=1S/C12H28O2Si2/c1-9-15(6,7)10-16(8,13-11(2)3)14-12(4)5/h9,11-12H,1,10H2,2-8H3. The van der Waals surface area contributed by atoms with Crippen LogP contribution in [-0.2, 0) is 8.85 Å². The molecule has 2 nitrogen and oxygen atoms in total. The number of hydrogen-bond donors (Lipinski definition) is 0. The van der Waals surface area contributed by atoms with Crippen LogP contribution in [-0.4, -0.2) is 28.8 Å². The Morgan fingerprint density at radius 3 is 1.62 bits per heavy atom. The highest BCUT2D eigenvalue weighted by Gasteiger charge is 2.39. The first-order valence-corrected chi connectivity index (χ1v) is 11.9. The molecule has 0 bridgehead atoms. The van der Waals surface area contributed by atoms with Gasteiger partial charge in [-0.15, -0.1) is 12.3 Å².